The lowest BCUT2D eigenvalue weighted by atomic mass is 10.0. The van der Waals surface area contributed by atoms with Gasteiger partial charge in [0, 0.05) is 24.3 Å². The van der Waals surface area contributed by atoms with Crippen LogP contribution in [0.1, 0.15) is 30.9 Å². The van der Waals surface area contributed by atoms with Crippen molar-refractivity contribution >= 4 is 27.3 Å². The fourth-order valence-electron chi connectivity index (χ4n) is 3.29. The lowest BCUT2D eigenvalue weighted by Crippen LogP contribution is -2.35. The standard InChI is InChI=1S/C20H24N2O4S/c1-3-11-22-19-9-8-17(13-16(19)7-10-20(22)23)21-27(24,25)14-15-5-4-6-18(12-15)26-2/h4-6,8-9,12-13,21H,3,7,10-11,14H2,1-2H3. The Morgan fingerprint density at radius 2 is 1.96 bits per heavy atom. The van der Waals surface area contributed by atoms with Crippen molar-refractivity contribution in [1.29, 1.82) is 0 Å². The van der Waals surface area contributed by atoms with Crippen LogP contribution in [0.3, 0.4) is 0 Å². The summed E-state index contributed by atoms with van der Waals surface area (Å²) in [5.41, 5.74) is 3.04. The highest BCUT2D eigenvalue weighted by Gasteiger charge is 2.24. The average molecular weight is 388 g/mol. The van der Waals surface area contributed by atoms with Gasteiger partial charge in [-0.3, -0.25) is 9.52 Å². The van der Waals surface area contributed by atoms with E-state index in [9.17, 15) is 13.2 Å². The van der Waals surface area contributed by atoms with Crippen LogP contribution in [0, 0.1) is 0 Å². The van der Waals surface area contributed by atoms with Crippen molar-refractivity contribution in [2.75, 3.05) is 23.3 Å². The van der Waals surface area contributed by atoms with Gasteiger partial charge in [-0.15, -0.1) is 0 Å². The van der Waals surface area contributed by atoms with Crippen LogP contribution in [0.25, 0.3) is 0 Å². The van der Waals surface area contributed by atoms with Gasteiger partial charge in [0.05, 0.1) is 12.9 Å². The molecule has 0 saturated carbocycles. The van der Waals surface area contributed by atoms with E-state index in [1.54, 1.807) is 42.3 Å². The number of anilines is 2. The molecule has 0 fully saturated rings. The molecule has 0 aliphatic carbocycles. The third-order valence-corrected chi connectivity index (χ3v) is 5.75. The smallest absolute Gasteiger partial charge is 0.236 e. The van der Waals surface area contributed by atoms with E-state index < -0.39 is 10.0 Å². The van der Waals surface area contributed by atoms with E-state index in [-0.39, 0.29) is 11.7 Å². The molecule has 0 radical (unpaired) electrons. The maximum Gasteiger partial charge on any atom is 0.236 e. The second kappa shape index (κ2) is 8.00. The van der Waals surface area contributed by atoms with Gasteiger partial charge in [-0.2, -0.15) is 0 Å². The van der Waals surface area contributed by atoms with Crippen LogP contribution in [0.2, 0.25) is 0 Å². The summed E-state index contributed by atoms with van der Waals surface area (Å²) in [7, 11) is -2.01. The van der Waals surface area contributed by atoms with Gasteiger partial charge in [-0.05, 0) is 54.3 Å². The molecule has 0 spiro atoms. The lowest BCUT2D eigenvalue weighted by Gasteiger charge is -2.29. The number of aryl methyl sites for hydroxylation is 1. The first kappa shape index (κ1) is 19.2. The number of carbonyl (C=O) groups is 1. The molecule has 0 atom stereocenters. The highest BCUT2D eigenvalue weighted by Crippen LogP contribution is 2.31. The number of amides is 1. The number of carbonyl (C=O) groups excluding carboxylic acids is 1. The van der Waals surface area contributed by atoms with Gasteiger partial charge in [-0.1, -0.05) is 19.1 Å². The quantitative estimate of drug-likeness (QED) is 0.789. The second-order valence-corrected chi connectivity index (χ2v) is 8.32. The number of benzene rings is 2. The third-order valence-electron chi connectivity index (χ3n) is 4.49. The number of fused-ring (bicyclic) bond motifs is 1. The number of sulfonamides is 1. The molecule has 27 heavy (non-hydrogen) atoms. The summed E-state index contributed by atoms with van der Waals surface area (Å²) >= 11 is 0. The van der Waals surface area contributed by atoms with Crippen LogP contribution in [-0.4, -0.2) is 28.0 Å². The molecular weight excluding hydrogens is 364 g/mol. The molecule has 2 aromatic carbocycles. The fraction of sp³-hybridized carbons (Fsp3) is 0.350. The first-order valence-corrected chi connectivity index (χ1v) is 10.6. The molecule has 1 N–H and O–H groups in total. The minimum atomic E-state index is -3.56. The number of hydrogen-bond donors (Lipinski definition) is 1. The van der Waals surface area contributed by atoms with Crippen molar-refractivity contribution in [3.05, 3.63) is 53.6 Å². The Morgan fingerprint density at radius 1 is 1.15 bits per heavy atom. The zero-order chi connectivity index (χ0) is 19.4. The number of nitrogens with zero attached hydrogens (tertiary/aromatic N) is 1. The normalized spacial score (nSPS) is 14.0. The lowest BCUT2D eigenvalue weighted by molar-refractivity contribution is -0.118. The van der Waals surface area contributed by atoms with E-state index in [0.29, 0.717) is 36.4 Å². The first-order valence-electron chi connectivity index (χ1n) is 8.98. The van der Waals surface area contributed by atoms with E-state index in [4.69, 9.17) is 4.74 Å². The Bertz CT molecular complexity index is 941. The molecular formula is C20H24N2O4S. The first-order chi connectivity index (χ1) is 12.9. The maximum atomic E-state index is 12.5. The van der Waals surface area contributed by atoms with Crippen LogP contribution >= 0.6 is 0 Å². The van der Waals surface area contributed by atoms with Crippen molar-refractivity contribution in [1.82, 2.24) is 0 Å². The van der Waals surface area contributed by atoms with Crippen LogP contribution < -0.4 is 14.4 Å². The topological polar surface area (TPSA) is 75.7 Å². The summed E-state index contributed by atoms with van der Waals surface area (Å²) in [5, 5.41) is 0. The molecule has 2 aromatic rings. The minimum Gasteiger partial charge on any atom is -0.497 e. The summed E-state index contributed by atoms with van der Waals surface area (Å²) < 4.78 is 32.9. The molecule has 6 nitrogen and oxygen atoms in total. The van der Waals surface area contributed by atoms with Crippen LogP contribution in [0.4, 0.5) is 11.4 Å². The van der Waals surface area contributed by atoms with Crippen molar-refractivity contribution in [2.24, 2.45) is 0 Å². The SMILES string of the molecule is CCCN1C(=O)CCc2cc(NS(=O)(=O)Cc3cccc(OC)c3)ccc21. The van der Waals surface area contributed by atoms with E-state index in [2.05, 4.69) is 4.72 Å². The Kier molecular flexibility index (Phi) is 5.70. The molecule has 0 aromatic heterocycles. The zero-order valence-electron chi connectivity index (χ0n) is 15.6. The van der Waals surface area contributed by atoms with Gasteiger partial charge < -0.3 is 9.64 Å². The molecule has 0 bridgehead atoms. The van der Waals surface area contributed by atoms with Crippen molar-refractivity contribution in [3.8, 4) is 5.75 Å². The predicted octanol–water partition coefficient (Wildman–Crippen LogP) is 3.33. The summed E-state index contributed by atoms with van der Waals surface area (Å²) in [4.78, 5) is 13.9. The van der Waals surface area contributed by atoms with Gasteiger partial charge in [-0.25, -0.2) is 8.42 Å². The van der Waals surface area contributed by atoms with E-state index in [1.807, 2.05) is 19.1 Å². The number of rotatable bonds is 7. The summed E-state index contributed by atoms with van der Waals surface area (Å²) in [6.07, 6.45) is 1.95. The summed E-state index contributed by atoms with van der Waals surface area (Å²) in [5.74, 6) is 0.606. The Balaban J connectivity index is 1.78. The van der Waals surface area contributed by atoms with E-state index in [0.717, 1.165) is 17.7 Å². The summed E-state index contributed by atoms with van der Waals surface area (Å²) in [6.45, 7) is 2.70. The highest BCUT2D eigenvalue weighted by molar-refractivity contribution is 7.91. The molecule has 7 heteroatoms. The Hall–Kier alpha value is -2.54. The van der Waals surface area contributed by atoms with Gasteiger partial charge in [0.2, 0.25) is 15.9 Å². The predicted molar refractivity (Wildman–Crippen MR) is 107 cm³/mol. The van der Waals surface area contributed by atoms with E-state index in [1.165, 1.54) is 0 Å². The van der Waals surface area contributed by atoms with Crippen LogP contribution in [-0.2, 0) is 27.0 Å². The number of ether oxygens (including phenoxy) is 1. The maximum absolute atomic E-state index is 12.5. The molecule has 1 aliphatic rings. The number of hydrogen-bond acceptors (Lipinski definition) is 4. The zero-order valence-corrected chi connectivity index (χ0v) is 16.4. The molecule has 1 aliphatic heterocycles. The monoisotopic (exact) mass is 388 g/mol. The molecule has 3 rings (SSSR count). The molecule has 1 heterocycles. The van der Waals surface area contributed by atoms with Gasteiger partial charge in [0.25, 0.3) is 0 Å². The van der Waals surface area contributed by atoms with Crippen molar-refractivity contribution in [2.45, 2.75) is 31.9 Å². The van der Waals surface area contributed by atoms with Crippen LogP contribution in [0.15, 0.2) is 42.5 Å². The highest BCUT2D eigenvalue weighted by atomic mass is 32.2. The average Bonchev–Trinajstić information content (AvgIpc) is 2.63. The Labute approximate surface area is 160 Å². The number of nitrogens with one attached hydrogen (secondary N) is 1. The van der Waals surface area contributed by atoms with Gasteiger partial charge in [0.15, 0.2) is 0 Å². The fourth-order valence-corrected chi connectivity index (χ4v) is 4.47. The largest absolute Gasteiger partial charge is 0.497 e. The van der Waals surface area contributed by atoms with E-state index >= 15 is 0 Å². The molecule has 0 unspecified atom stereocenters. The second-order valence-electron chi connectivity index (χ2n) is 6.60. The van der Waals surface area contributed by atoms with Crippen LogP contribution in [0.5, 0.6) is 5.75 Å². The Morgan fingerprint density at radius 3 is 2.70 bits per heavy atom. The third kappa shape index (κ3) is 4.60. The van der Waals surface area contributed by atoms with Crippen molar-refractivity contribution in [3.63, 3.8) is 0 Å². The molecule has 144 valence electrons. The molecule has 1 amide bonds. The minimum absolute atomic E-state index is 0.121. The number of methoxy groups -OCH3 is 1. The summed E-state index contributed by atoms with van der Waals surface area (Å²) in [6, 6.07) is 12.4. The van der Waals surface area contributed by atoms with Gasteiger partial charge in [0.1, 0.15) is 5.75 Å². The van der Waals surface area contributed by atoms with Gasteiger partial charge >= 0.3 is 0 Å². The molecule has 0 saturated heterocycles. The van der Waals surface area contributed by atoms with Crippen molar-refractivity contribution < 1.29 is 17.9 Å².